The van der Waals surface area contributed by atoms with Crippen LogP contribution in [0.5, 0.6) is 0 Å². The summed E-state index contributed by atoms with van der Waals surface area (Å²) in [6.07, 6.45) is 2.83. The van der Waals surface area contributed by atoms with Crippen molar-refractivity contribution in [3.05, 3.63) is 35.4 Å². The number of nitrogens with zero attached hydrogens (tertiary/aromatic N) is 2. The Hall–Kier alpha value is -1.70. The lowest BCUT2D eigenvalue weighted by Crippen LogP contribution is -2.45. The van der Waals surface area contributed by atoms with E-state index < -0.39 is 0 Å². The SMILES string of the molecule is CC1N(C)c2ccc3c4c(ccc(c24)N1C)CC3. The Kier molecular flexibility index (Phi) is 1.82. The molecule has 0 atom stereocenters. The first-order valence-corrected chi connectivity index (χ1v) is 6.71. The van der Waals surface area contributed by atoms with Crippen LogP contribution in [0.1, 0.15) is 18.1 Å². The minimum atomic E-state index is 0.415. The molecule has 0 radical (unpaired) electrons. The van der Waals surface area contributed by atoms with Crippen LogP contribution in [0.2, 0.25) is 0 Å². The average molecular weight is 238 g/mol. The number of rotatable bonds is 0. The van der Waals surface area contributed by atoms with Gasteiger partial charge in [-0.25, -0.2) is 0 Å². The Morgan fingerprint density at radius 3 is 1.83 bits per heavy atom. The highest BCUT2D eigenvalue weighted by atomic mass is 15.3. The molecule has 0 aromatic heterocycles. The molecule has 0 fully saturated rings. The molecule has 0 amide bonds. The molecule has 0 spiro atoms. The smallest absolute Gasteiger partial charge is 0.0981 e. The van der Waals surface area contributed by atoms with E-state index in [9.17, 15) is 0 Å². The topological polar surface area (TPSA) is 6.48 Å². The number of benzene rings is 2. The van der Waals surface area contributed by atoms with Gasteiger partial charge in [-0.2, -0.15) is 0 Å². The number of hydrogen-bond acceptors (Lipinski definition) is 2. The van der Waals surface area contributed by atoms with Gasteiger partial charge in [0.25, 0.3) is 0 Å². The molecular formula is C16H18N2. The number of hydrogen-bond donors (Lipinski definition) is 0. The van der Waals surface area contributed by atoms with Crippen molar-refractivity contribution in [3.8, 4) is 0 Å². The van der Waals surface area contributed by atoms with Crippen molar-refractivity contribution in [3.63, 3.8) is 0 Å². The van der Waals surface area contributed by atoms with Crippen molar-refractivity contribution in [1.82, 2.24) is 0 Å². The quantitative estimate of drug-likeness (QED) is 0.695. The molecule has 1 aliphatic carbocycles. The van der Waals surface area contributed by atoms with E-state index in [-0.39, 0.29) is 0 Å². The van der Waals surface area contributed by atoms with E-state index in [1.54, 1.807) is 0 Å². The molecule has 2 aromatic rings. The van der Waals surface area contributed by atoms with Gasteiger partial charge in [0.15, 0.2) is 0 Å². The highest BCUT2D eigenvalue weighted by Crippen LogP contribution is 2.45. The van der Waals surface area contributed by atoms with Crippen LogP contribution >= 0.6 is 0 Å². The van der Waals surface area contributed by atoms with Crippen LogP contribution in [-0.4, -0.2) is 20.3 Å². The Labute approximate surface area is 108 Å². The number of anilines is 2. The fourth-order valence-corrected chi connectivity index (χ4v) is 3.54. The maximum atomic E-state index is 2.38. The Morgan fingerprint density at radius 2 is 1.33 bits per heavy atom. The van der Waals surface area contributed by atoms with Gasteiger partial charge in [-0.1, -0.05) is 12.1 Å². The molecule has 2 heteroatoms. The van der Waals surface area contributed by atoms with Gasteiger partial charge in [0.1, 0.15) is 0 Å². The Balaban J connectivity index is 2.18. The molecule has 0 N–H and O–H groups in total. The largest absolute Gasteiger partial charge is 0.354 e. The fraction of sp³-hybridized carbons (Fsp3) is 0.375. The zero-order valence-corrected chi connectivity index (χ0v) is 11.2. The lowest BCUT2D eigenvalue weighted by Gasteiger charge is -2.41. The van der Waals surface area contributed by atoms with Crippen molar-refractivity contribution >= 4 is 22.1 Å². The van der Waals surface area contributed by atoms with Crippen molar-refractivity contribution in [2.24, 2.45) is 0 Å². The van der Waals surface area contributed by atoms with Crippen molar-refractivity contribution in [2.75, 3.05) is 23.9 Å². The van der Waals surface area contributed by atoms with E-state index in [1.165, 1.54) is 46.1 Å². The standard InChI is InChI=1S/C16H18N2/c1-10-17(2)13-8-6-11-4-5-12-7-9-14(18(10)3)16(13)15(11)12/h6-10H,4-5H2,1-3H3. The van der Waals surface area contributed by atoms with Crippen molar-refractivity contribution < 1.29 is 0 Å². The molecule has 0 saturated heterocycles. The lowest BCUT2D eigenvalue weighted by molar-refractivity contribution is 0.664. The first-order valence-electron chi connectivity index (χ1n) is 6.71. The maximum absolute atomic E-state index is 2.38. The van der Waals surface area contributed by atoms with E-state index >= 15 is 0 Å². The summed E-state index contributed by atoms with van der Waals surface area (Å²) in [7, 11) is 4.40. The molecule has 2 nitrogen and oxygen atoms in total. The predicted octanol–water partition coefficient (Wildman–Crippen LogP) is 3.17. The molecule has 18 heavy (non-hydrogen) atoms. The van der Waals surface area contributed by atoms with Crippen molar-refractivity contribution in [2.45, 2.75) is 25.9 Å². The maximum Gasteiger partial charge on any atom is 0.0981 e. The third-order valence-electron chi connectivity index (χ3n) is 4.83. The van der Waals surface area contributed by atoms with Gasteiger partial charge in [-0.05, 0) is 48.4 Å². The summed E-state index contributed by atoms with van der Waals surface area (Å²) < 4.78 is 0. The molecule has 0 saturated carbocycles. The summed E-state index contributed by atoms with van der Waals surface area (Å²) in [4.78, 5) is 4.77. The molecule has 0 bridgehead atoms. The Bertz CT molecular complexity index is 607. The van der Waals surface area contributed by atoms with Gasteiger partial charge in [0.2, 0.25) is 0 Å². The molecule has 92 valence electrons. The zero-order chi connectivity index (χ0) is 12.4. The highest BCUT2D eigenvalue weighted by molar-refractivity contribution is 6.09. The van der Waals surface area contributed by atoms with Crippen LogP contribution in [0.3, 0.4) is 0 Å². The zero-order valence-electron chi connectivity index (χ0n) is 11.2. The number of aryl methyl sites for hydroxylation is 2. The minimum Gasteiger partial charge on any atom is -0.354 e. The minimum absolute atomic E-state index is 0.415. The third-order valence-corrected chi connectivity index (χ3v) is 4.83. The van der Waals surface area contributed by atoms with E-state index in [1.807, 2.05) is 0 Å². The summed E-state index contributed by atoms with van der Waals surface area (Å²) in [6, 6.07) is 9.26. The van der Waals surface area contributed by atoms with E-state index in [0.29, 0.717) is 6.17 Å². The van der Waals surface area contributed by atoms with E-state index in [2.05, 4.69) is 55.1 Å². The first-order chi connectivity index (χ1) is 8.68. The van der Waals surface area contributed by atoms with Crippen LogP contribution in [0.15, 0.2) is 24.3 Å². The molecule has 1 heterocycles. The van der Waals surface area contributed by atoms with Gasteiger partial charge in [0.05, 0.1) is 6.17 Å². The van der Waals surface area contributed by atoms with Gasteiger partial charge in [0, 0.05) is 30.9 Å². The van der Waals surface area contributed by atoms with Gasteiger partial charge >= 0.3 is 0 Å². The predicted molar refractivity (Wildman–Crippen MR) is 77.6 cm³/mol. The second kappa shape index (κ2) is 3.19. The molecule has 4 rings (SSSR count). The van der Waals surface area contributed by atoms with Crippen LogP contribution in [0.25, 0.3) is 10.8 Å². The molecule has 2 aliphatic rings. The molecule has 0 unspecified atom stereocenters. The second-order valence-corrected chi connectivity index (χ2v) is 5.59. The van der Waals surface area contributed by atoms with Gasteiger partial charge < -0.3 is 9.80 Å². The molecular weight excluding hydrogens is 220 g/mol. The van der Waals surface area contributed by atoms with E-state index in [0.717, 1.165) is 0 Å². The summed E-state index contributed by atoms with van der Waals surface area (Å²) >= 11 is 0. The van der Waals surface area contributed by atoms with Gasteiger partial charge in [-0.3, -0.25) is 0 Å². The fourth-order valence-electron chi connectivity index (χ4n) is 3.54. The molecule has 2 aromatic carbocycles. The average Bonchev–Trinajstić information content (AvgIpc) is 2.81. The lowest BCUT2D eigenvalue weighted by atomic mass is 9.98. The van der Waals surface area contributed by atoms with Gasteiger partial charge in [-0.15, -0.1) is 0 Å². The summed E-state index contributed by atoms with van der Waals surface area (Å²) in [5.41, 5.74) is 5.83. The summed E-state index contributed by atoms with van der Waals surface area (Å²) in [5.74, 6) is 0. The van der Waals surface area contributed by atoms with Crippen LogP contribution in [-0.2, 0) is 12.8 Å². The Morgan fingerprint density at radius 1 is 0.833 bits per heavy atom. The monoisotopic (exact) mass is 238 g/mol. The highest BCUT2D eigenvalue weighted by Gasteiger charge is 2.28. The summed E-state index contributed by atoms with van der Waals surface area (Å²) in [5, 5.41) is 2.99. The summed E-state index contributed by atoms with van der Waals surface area (Å²) in [6.45, 7) is 2.26. The third kappa shape index (κ3) is 1.04. The second-order valence-electron chi connectivity index (χ2n) is 5.59. The normalized spacial score (nSPS) is 17.9. The molecule has 1 aliphatic heterocycles. The van der Waals surface area contributed by atoms with Crippen molar-refractivity contribution in [1.29, 1.82) is 0 Å². The van der Waals surface area contributed by atoms with Crippen LogP contribution in [0, 0.1) is 0 Å². The van der Waals surface area contributed by atoms with E-state index in [4.69, 9.17) is 0 Å². The first kappa shape index (κ1) is 10.2. The van der Waals surface area contributed by atoms with Crippen LogP contribution in [0.4, 0.5) is 11.4 Å². The van der Waals surface area contributed by atoms with Crippen LogP contribution < -0.4 is 9.80 Å².